The zero-order valence-corrected chi connectivity index (χ0v) is 13.5. The number of hydrogen-bond acceptors (Lipinski definition) is 5. The number of anilines is 1. The molecule has 5 nitrogen and oxygen atoms in total. The Labute approximate surface area is 140 Å². The van der Waals surface area contributed by atoms with Crippen molar-refractivity contribution in [3.8, 4) is 11.5 Å². The molecule has 1 aliphatic rings. The molecule has 120 valence electrons. The van der Waals surface area contributed by atoms with Crippen molar-refractivity contribution in [3.05, 3.63) is 65.8 Å². The lowest BCUT2D eigenvalue weighted by Gasteiger charge is -2.19. The van der Waals surface area contributed by atoms with E-state index in [9.17, 15) is 5.11 Å². The number of ether oxygens (including phenoxy) is 1. The molecule has 1 aromatic carbocycles. The van der Waals surface area contributed by atoms with Crippen molar-refractivity contribution in [1.29, 1.82) is 0 Å². The molecule has 0 radical (unpaired) electrons. The van der Waals surface area contributed by atoms with Crippen LogP contribution >= 0.6 is 11.6 Å². The highest BCUT2D eigenvalue weighted by Gasteiger charge is 2.15. The van der Waals surface area contributed by atoms with Crippen molar-refractivity contribution in [2.75, 3.05) is 12.2 Å². The van der Waals surface area contributed by atoms with Gasteiger partial charge in [0.05, 0.1) is 12.8 Å². The Balaban J connectivity index is 2.41. The maximum atomic E-state index is 10.3. The first-order chi connectivity index (χ1) is 11.0. The molecule has 2 rings (SSSR count). The van der Waals surface area contributed by atoms with E-state index >= 15 is 0 Å². The Morgan fingerprint density at radius 2 is 2.17 bits per heavy atom. The molecule has 0 saturated carbocycles. The van der Waals surface area contributed by atoms with Crippen LogP contribution in [0.15, 0.2) is 65.3 Å². The summed E-state index contributed by atoms with van der Waals surface area (Å²) in [5.74, 6) is 6.21. The van der Waals surface area contributed by atoms with Gasteiger partial charge in [0, 0.05) is 5.03 Å². The molecule has 0 amide bonds. The van der Waals surface area contributed by atoms with E-state index in [0.717, 1.165) is 10.7 Å². The van der Waals surface area contributed by atoms with Crippen LogP contribution in [0.2, 0.25) is 0 Å². The largest absolute Gasteiger partial charge is 0.503 e. The van der Waals surface area contributed by atoms with Crippen molar-refractivity contribution >= 4 is 23.0 Å². The monoisotopic (exact) mass is 331 g/mol. The second-order valence-corrected chi connectivity index (χ2v) is 5.31. The van der Waals surface area contributed by atoms with Crippen molar-refractivity contribution < 1.29 is 9.84 Å². The highest BCUT2D eigenvalue weighted by molar-refractivity contribution is 6.33. The van der Waals surface area contributed by atoms with E-state index in [1.165, 1.54) is 7.11 Å². The summed E-state index contributed by atoms with van der Waals surface area (Å²) in [6, 6.07) is 3.45. The smallest absolute Gasteiger partial charge is 0.185 e. The van der Waals surface area contributed by atoms with Gasteiger partial charge in [0.15, 0.2) is 11.5 Å². The second kappa shape index (κ2) is 7.17. The lowest BCUT2D eigenvalue weighted by Crippen LogP contribution is -2.27. The number of phenols is 1. The van der Waals surface area contributed by atoms with Gasteiger partial charge < -0.3 is 9.84 Å². The summed E-state index contributed by atoms with van der Waals surface area (Å²) in [4.78, 5) is 0. The Kier molecular flexibility index (Phi) is 5.26. The molecule has 0 unspecified atom stereocenters. The lowest BCUT2D eigenvalue weighted by molar-refractivity contribution is 0.373. The number of halogens is 1. The predicted molar refractivity (Wildman–Crippen MR) is 94.9 cm³/mol. The van der Waals surface area contributed by atoms with Crippen molar-refractivity contribution in [1.82, 2.24) is 0 Å². The fourth-order valence-electron chi connectivity index (χ4n) is 2.08. The summed E-state index contributed by atoms with van der Waals surface area (Å²) in [6.45, 7) is 7.57. The zero-order valence-electron chi connectivity index (χ0n) is 12.8. The maximum absolute atomic E-state index is 10.3. The van der Waals surface area contributed by atoms with Gasteiger partial charge in [-0.3, -0.25) is 0 Å². The molecule has 23 heavy (non-hydrogen) atoms. The minimum absolute atomic E-state index is 0.0915. The minimum atomic E-state index is -0.0915. The molecule has 1 aliphatic carbocycles. The first-order valence-corrected chi connectivity index (χ1v) is 7.22. The Hall–Kier alpha value is -2.50. The molecular weight excluding hydrogens is 314 g/mol. The third-order valence-corrected chi connectivity index (χ3v) is 3.45. The Bertz CT molecular complexity index is 736. The van der Waals surface area contributed by atoms with E-state index in [1.54, 1.807) is 36.4 Å². The number of hydrogen-bond donors (Lipinski definition) is 2. The minimum Gasteiger partial charge on any atom is -0.503 e. The van der Waals surface area contributed by atoms with Crippen LogP contribution in [-0.4, -0.2) is 17.9 Å². The Morgan fingerprint density at radius 1 is 1.43 bits per heavy atom. The average molecular weight is 332 g/mol. The van der Waals surface area contributed by atoms with Crippen LogP contribution in [-0.2, 0) is 6.42 Å². The normalized spacial score (nSPS) is 15.5. The van der Waals surface area contributed by atoms with E-state index in [0.29, 0.717) is 34.2 Å². The SMILES string of the molecule is C=CCc1cc(OC)c(O)c(N(N)/N=C2/C=CC(Cl)=CC2=C)c1. The molecule has 0 bridgehead atoms. The summed E-state index contributed by atoms with van der Waals surface area (Å²) >= 11 is 5.90. The summed E-state index contributed by atoms with van der Waals surface area (Å²) in [5, 5.41) is 16.2. The molecule has 0 atom stereocenters. The molecule has 0 aliphatic heterocycles. The second-order valence-electron chi connectivity index (χ2n) is 4.88. The number of allylic oxidation sites excluding steroid dienone is 6. The van der Waals surface area contributed by atoms with Gasteiger partial charge in [0.1, 0.15) is 5.69 Å². The summed E-state index contributed by atoms with van der Waals surface area (Å²) in [5.41, 5.74) is 2.38. The van der Waals surface area contributed by atoms with Gasteiger partial charge in [-0.1, -0.05) is 24.3 Å². The van der Waals surface area contributed by atoms with Crippen LogP contribution in [0.3, 0.4) is 0 Å². The third kappa shape index (κ3) is 3.83. The van der Waals surface area contributed by atoms with Gasteiger partial charge >= 0.3 is 0 Å². The molecular formula is C17H18ClN3O2. The van der Waals surface area contributed by atoms with E-state index < -0.39 is 0 Å². The number of aromatic hydroxyl groups is 1. The number of benzene rings is 1. The van der Waals surface area contributed by atoms with Gasteiger partial charge in [-0.2, -0.15) is 10.2 Å². The van der Waals surface area contributed by atoms with Gasteiger partial charge in [0.25, 0.3) is 0 Å². The highest BCUT2D eigenvalue weighted by Crippen LogP contribution is 2.37. The van der Waals surface area contributed by atoms with Gasteiger partial charge in [0.2, 0.25) is 0 Å². The zero-order chi connectivity index (χ0) is 17.0. The molecule has 0 aromatic heterocycles. The number of nitrogens with zero attached hydrogens (tertiary/aromatic N) is 2. The summed E-state index contributed by atoms with van der Waals surface area (Å²) in [7, 11) is 1.47. The molecule has 1 aromatic rings. The number of methoxy groups -OCH3 is 1. The summed E-state index contributed by atoms with van der Waals surface area (Å²) in [6.07, 6.45) is 7.44. The van der Waals surface area contributed by atoms with E-state index in [4.69, 9.17) is 22.2 Å². The molecule has 0 saturated heterocycles. The average Bonchev–Trinajstić information content (AvgIpc) is 2.51. The number of rotatable bonds is 5. The van der Waals surface area contributed by atoms with Gasteiger partial charge in [-0.15, -0.1) is 6.58 Å². The predicted octanol–water partition coefficient (Wildman–Crippen LogP) is 3.41. The summed E-state index contributed by atoms with van der Waals surface area (Å²) < 4.78 is 5.17. The van der Waals surface area contributed by atoms with E-state index in [-0.39, 0.29) is 5.75 Å². The molecule has 0 spiro atoms. The molecule has 0 fully saturated rings. The topological polar surface area (TPSA) is 71.1 Å². The molecule has 6 heteroatoms. The van der Waals surface area contributed by atoms with Crippen molar-refractivity contribution in [3.63, 3.8) is 0 Å². The standard InChI is InChI=1S/C17H18ClN3O2/c1-4-5-12-9-15(17(22)16(10-12)23-3)21(19)20-14-7-6-13(18)8-11(14)2/h4,6-10,22H,1-2,5,19H2,3H3/b20-14-. The van der Waals surface area contributed by atoms with Crippen LogP contribution in [0.5, 0.6) is 11.5 Å². The fraction of sp³-hybridized carbons (Fsp3) is 0.118. The van der Waals surface area contributed by atoms with Crippen LogP contribution in [0.4, 0.5) is 5.69 Å². The van der Waals surface area contributed by atoms with Crippen LogP contribution in [0, 0.1) is 0 Å². The van der Waals surface area contributed by atoms with Gasteiger partial charge in [-0.05, 0) is 47.9 Å². The maximum Gasteiger partial charge on any atom is 0.185 e. The number of hydrazone groups is 1. The van der Waals surface area contributed by atoms with Crippen molar-refractivity contribution in [2.24, 2.45) is 10.9 Å². The quantitative estimate of drug-likeness (QED) is 0.493. The first-order valence-electron chi connectivity index (χ1n) is 6.85. The number of phenolic OH excluding ortho intramolecular Hbond substituents is 1. The van der Waals surface area contributed by atoms with Crippen LogP contribution in [0.25, 0.3) is 0 Å². The van der Waals surface area contributed by atoms with E-state index in [1.807, 2.05) is 0 Å². The van der Waals surface area contributed by atoms with Crippen LogP contribution < -0.4 is 15.7 Å². The number of nitrogens with two attached hydrogens (primary N) is 1. The Morgan fingerprint density at radius 3 is 2.78 bits per heavy atom. The van der Waals surface area contributed by atoms with Crippen LogP contribution in [0.1, 0.15) is 5.56 Å². The fourth-order valence-corrected chi connectivity index (χ4v) is 2.28. The molecule has 3 N–H and O–H groups in total. The first kappa shape index (κ1) is 16.9. The third-order valence-electron chi connectivity index (χ3n) is 3.22. The van der Waals surface area contributed by atoms with Gasteiger partial charge in [-0.25, -0.2) is 5.84 Å². The lowest BCUT2D eigenvalue weighted by atomic mass is 10.1. The number of hydrazine groups is 1. The highest BCUT2D eigenvalue weighted by atomic mass is 35.5. The van der Waals surface area contributed by atoms with E-state index in [2.05, 4.69) is 18.3 Å². The molecule has 0 heterocycles. The van der Waals surface area contributed by atoms with Crippen molar-refractivity contribution in [2.45, 2.75) is 6.42 Å².